The Morgan fingerprint density at radius 2 is 2.27 bits per heavy atom. The molecular weight excluding hydrogens is 326 g/mol. The van der Waals surface area contributed by atoms with E-state index < -0.39 is 0 Å². The highest BCUT2D eigenvalue weighted by Crippen LogP contribution is 2.32. The van der Waals surface area contributed by atoms with Crippen molar-refractivity contribution < 1.29 is 4.79 Å². The molecule has 0 spiro atoms. The van der Waals surface area contributed by atoms with Crippen molar-refractivity contribution in [2.45, 2.75) is 46.2 Å². The van der Waals surface area contributed by atoms with E-state index in [4.69, 9.17) is 0 Å². The molecular formula is C20H25N5O. The molecule has 0 saturated carbocycles. The molecule has 1 N–H and O–H groups in total. The summed E-state index contributed by atoms with van der Waals surface area (Å²) in [6.45, 7) is 6.43. The number of hydrogen-bond acceptors (Lipinski definition) is 3. The largest absolute Gasteiger partial charge is 0.355 e. The Kier molecular flexibility index (Phi) is 4.49. The second kappa shape index (κ2) is 6.94. The molecule has 6 nitrogen and oxygen atoms in total. The first-order valence-corrected chi connectivity index (χ1v) is 9.35. The van der Waals surface area contributed by atoms with Crippen LogP contribution in [0.2, 0.25) is 0 Å². The summed E-state index contributed by atoms with van der Waals surface area (Å²) in [6.07, 6.45) is 6.36. The number of aryl methyl sites for hydroxylation is 2. The van der Waals surface area contributed by atoms with Crippen LogP contribution in [0.25, 0.3) is 10.9 Å². The van der Waals surface area contributed by atoms with Gasteiger partial charge in [-0.15, -0.1) is 0 Å². The first-order chi connectivity index (χ1) is 12.6. The highest BCUT2D eigenvalue weighted by molar-refractivity contribution is 5.89. The van der Waals surface area contributed by atoms with Gasteiger partial charge in [0.25, 0.3) is 0 Å². The molecule has 26 heavy (non-hydrogen) atoms. The number of hydrogen-bond donors (Lipinski definition) is 1. The van der Waals surface area contributed by atoms with Gasteiger partial charge in [-0.3, -0.25) is 9.48 Å². The van der Waals surface area contributed by atoms with Gasteiger partial charge >= 0.3 is 0 Å². The number of carbonyl (C=O) groups excluding carboxylic acids is 1. The van der Waals surface area contributed by atoms with Gasteiger partial charge in [0.05, 0.1) is 18.0 Å². The predicted molar refractivity (Wildman–Crippen MR) is 101 cm³/mol. The van der Waals surface area contributed by atoms with Crippen LogP contribution in [0.4, 0.5) is 0 Å². The molecule has 2 aromatic heterocycles. The van der Waals surface area contributed by atoms with Gasteiger partial charge in [-0.05, 0) is 37.3 Å². The average molecular weight is 351 g/mol. The molecule has 3 heterocycles. The van der Waals surface area contributed by atoms with Crippen LogP contribution in [0, 0.1) is 12.8 Å². The van der Waals surface area contributed by atoms with Crippen LogP contribution in [-0.4, -0.2) is 31.8 Å². The number of carbonyl (C=O) groups is 1. The second-order valence-electron chi connectivity index (χ2n) is 7.19. The lowest BCUT2D eigenvalue weighted by atomic mass is 10.0. The molecule has 1 atom stereocenters. The van der Waals surface area contributed by atoms with E-state index in [9.17, 15) is 4.79 Å². The lowest BCUT2D eigenvalue weighted by molar-refractivity contribution is -0.124. The van der Waals surface area contributed by atoms with Gasteiger partial charge < -0.3 is 9.88 Å². The minimum absolute atomic E-state index is 0.0619. The fourth-order valence-corrected chi connectivity index (χ4v) is 4.08. The van der Waals surface area contributed by atoms with Crippen molar-refractivity contribution in [1.82, 2.24) is 24.6 Å². The second-order valence-corrected chi connectivity index (χ2v) is 7.19. The Bertz CT molecular complexity index is 925. The lowest BCUT2D eigenvalue weighted by Gasteiger charge is -2.16. The van der Waals surface area contributed by atoms with Crippen LogP contribution < -0.4 is 5.32 Å². The molecule has 0 unspecified atom stereocenters. The summed E-state index contributed by atoms with van der Waals surface area (Å²) in [5, 5.41) is 8.50. The molecule has 6 heteroatoms. The summed E-state index contributed by atoms with van der Waals surface area (Å²) in [7, 11) is 0. The highest BCUT2D eigenvalue weighted by Gasteiger charge is 2.20. The molecule has 1 amide bonds. The highest BCUT2D eigenvalue weighted by atomic mass is 16.1. The standard InChI is InChI=1S/C20H25N5O/c1-14(11-24-13-21-12-23-24)20(26)22-9-8-17-15(2)25-10-4-6-16-5-3-7-18(17)19(16)25/h3,5,7,12-14H,4,6,8-11H2,1-2H3,(H,22,26)/t14-/m0/s1. The Morgan fingerprint density at radius 3 is 3.08 bits per heavy atom. The maximum Gasteiger partial charge on any atom is 0.224 e. The molecule has 0 radical (unpaired) electrons. The van der Waals surface area contributed by atoms with E-state index in [0.29, 0.717) is 13.1 Å². The normalized spacial score (nSPS) is 14.5. The van der Waals surface area contributed by atoms with E-state index in [2.05, 4.69) is 45.1 Å². The minimum atomic E-state index is -0.132. The lowest BCUT2D eigenvalue weighted by Crippen LogP contribution is -2.33. The molecule has 1 aliphatic rings. The Labute approximate surface area is 153 Å². The smallest absolute Gasteiger partial charge is 0.224 e. The summed E-state index contributed by atoms with van der Waals surface area (Å²) in [5.74, 6) is -0.0697. The third-order valence-electron chi connectivity index (χ3n) is 5.43. The van der Waals surface area contributed by atoms with Gasteiger partial charge in [-0.1, -0.05) is 25.1 Å². The van der Waals surface area contributed by atoms with Crippen molar-refractivity contribution >= 4 is 16.8 Å². The van der Waals surface area contributed by atoms with Gasteiger partial charge in [0.15, 0.2) is 0 Å². The average Bonchev–Trinajstić information content (AvgIpc) is 3.25. The molecule has 0 aliphatic carbocycles. The zero-order chi connectivity index (χ0) is 18.1. The van der Waals surface area contributed by atoms with Gasteiger partial charge in [0.1, 0.15) is 12.7 Å². The van der Waals surface area contributed by atoms with E-state index >= 15 is 0 Å². The number of amides is 1. The van der Waals surface area contributed by atoms with Gasteiger partial charge in [-0.2, -0.15) is 5.10 Å². The first-order valence-electron chi connectivity index (χ1n) is 9.35. The van der Waals surface area contributed by atoms with E-state index in [1.54, 1.807) is 11.0 Å². The third kappa shape index (κ3) is 3.00. The number of aromatic nitrogens is 4. The van der Waals surface area contributed by atoms with E-state index in [1.807, 2.05) is 6.92 Å². The molecule has 0 bridgehead atoms. The number of nitrogens with one attached hydrogen (secondary N) is 1. The minimum Gasteiger partial charge on any atom is -0.355 e. The molecule has 3 aromatic rings. The van der Waals surface area contributed by atoms with Crippen molar-refractivity contribution in [2.75, 3.05) is 6.54 Å². The number of para-hydroxylation sites is 1. The van der Waals surface area contributed by atoms with Gasteiger partial charge in [0.2, 0.25) is 5.91 Å². The van der Waals surface area contributed by atoms with Crippen molar-refractivity contribution in [3.63, 3.8) is 0 Å². The summed E-state index contributed by atoms with van der Waals surface area (Å²) in [6, 6.07) is 6.63. The van der Waals surface area contributed by atoms with Gasteiger partial charge in [0, 0.05) is 24.2 Å². The van der Waals surface area contributed by atoms with Crippen molar-refractivity contribution in [3.8, 4) is 0 Å². The molecule has 0 saturated heterocycles. The van der Waals surface area contributed by atoms with Crippen LogP contribution in [0.3, 0.4) is 0 Å². The maximum absolute atomic E-state index is 12.4. The predicted octanol–water partition coefficient (Wildman–Crippen LogP) is 2.48. The van der Waals surface area contributed by atoms with Crippen LogP contribution in [-0.2, 0) is 30.7 Å². The summed E-state index contributed by atoms with van der Waals surface area (Å²) < 4.78 is 4.15. The monoisotopic (exact) mass is 351 g/mol. The zero-order valence-corrected chi connectivity index (χ0v) is 15.4. The van der Waals surface area contributed by atoms with Crippen LogP contribution in [0.1, 0.15) is 30.2 Å². The van der Waals surface area contributed by atoms with E-state index in [0.717, 1.165) is 19.4 Å². The van der Waals surface area contributed by atoms with Gasteiger partial charge in [-0.25, -0.2) is 4.98 Å². The summed E-state index contributed by atoms with van der Waals surface area (Å²) in [5.41, 5.74) is 5.57. The van der Waals surface area contributed by atoms with Crippen molar-refractivity contribution in [3.05, 3.63) is 47.7 Å². The van der Waals surface area contributed by atoms with E-state index in [1.165, 1.54) is 40.5 Å². The number of nitrogens with zero attached hydrogens (tertiary/aromatic N) is 4. The van der Waals surface area contributed by atoms with Crippen LogP contribution in [0.5, 0.6) is 0 Å². The Hall–Kier alpha value is -2.63. The van der Waals surface area contributed by atoms with Crippen molar-refractivity contribution in [1.29, 1.82) is 0 Å². The van der Waals surface area contributed by atoms with Crippen LogP contribution >= 0.6 is 0 Å². The molecule has 0 fully saturated rings. The number of benzene rings is 1. The fraction of sp³-hybridized carbons (Fsp3) is 0.450. The van der Waals surface area contributed by atoms with E-state index in [-0.39, 0.29) is 11.8 Å². The quantitative estimate of drug-likeness (QED) is 0.742. The zero-order valence-electron chi connectivity index (χ0n) is 15.4. The number of rotatable bonds is 6. The maximum atomic E-state index is 12.4. The molecule has 136 valence electrons. The first kappa shape index (κ1) is 16.8. The SMILES string of the molecule is Cc1c(CCNC(=O)[C@@H](C)Cn2cncn2)c2cccc3c2n1CCC3. The topological polar surface area (TPSA) is 64.7 Å². The third-order valence-corrected chi connectivity index (χ3v) is 5.43. The molecule has 1 aromatic carbocycles. The fourth-order valence-electron chi connectivity index (χ4n) is 4.08. The van der Waals surface area contributed by atoms with Crippen molar-refractivity contribution in [2.24, 2.45) is 5.92 Å². The Morgan fingerprint density at radius 1 is 1.38 bits per heavy atom. The Balaban J connectivity index is 1.43. The van der Waals surface area contributed by atoms with Crippen LogP contribution in [0.15, 0.2) is 30.9 Å². The summed E-state index contributed by atoms with van der Waals surface area (Å²) >= 11 is 0. The molecule has 4 rings (SSSR count). The molecule has 1 aliphatic heterocycles. The summed E-state index contributed by atoms with van der Waals surface area (Å²) in [4.78, 5) is 16.3.